The number of nitrogens with one attached hydrogen (secondary N) is 1. The fourth-order valence-corrected chi connectivity index (χ4v) is 2.46. The Hall–Kier alpha value is -0.800. The predicted octanol–water partition coefficient (Wildman–Crippen LogP) is 5.03. The quantitative estimate of drug-likeness (QED) is 0.783. The zero-order valence-corrected chi connectivity index (χ0v) is 12.8. The maximum atomic E-state index is 6.30. The van der Waals surface area contributed by atoms with Crippen molar-refractivity contribution in [3.05, 3.63) is 28.0 Å². The maximum Gasteiger partial charge on any atom is 0.178 e. The highest BCUT2D eigenvalue weighted by atomic mass is 35.5. The summed E-state index contributed by atoms with van der Waals surface area (Å²) in [6, 6.07) is 5.86. The number of H-pyrrole nitrogens is 1. The molecule has 0 saturated heterocycles. The van der Waals surface area contributed by atoms with E-state index >= 15 is 0 Å². The van der Waals surface area contributed by atoms with Crippen molar-refractivity contribution < 1.29 is 0 Å². The standard InChI is InChI=1S/C14H19ClN2S/c1-9(2)14(3,4)8-17-12-10(15)6-5-7-11(12)16-13(17)18/h5-7,9H,8H2,1-4H3,(H,16,18). The molecule has 1 heterocycles. The number of para-hydroxylation sites is 1. The molecule has 4 heteroatoms. The summed E-state index contributed by atoms with van der Waals surface area (Å²) in [5.41, 5.74) is 2.19. The summed E-state index contributed by atoms with van der Waals surface area (Å²) < 4.78 is 2.86. The third kappa shape index (κ3) is 2.34. The van der Waals surface area contributed by atoms with E-state index in [0.717, 1.165) is 27.4 Å². The van der Waals surface area contributed by atoms with Crippen molar-refractivity contribution >= 4 is 34.9 Å². The summed E-state index contributed by atoms with van der Waals surface area (Å²) in [7, 11) is 0. The molecule has 0 amide bonds. The van der Waals surface area contributed by atoms with Crippen LogP contribution in [0.3, 0.4) is 0 Å². The van der Waals surface area contributed by atoms with Gasteiger partial charge in [0.2, 0.25) is 0 Å². The van der Waals surface area contributed by atoms with Gasteiger partial charge in [0.15, 0.2) is 4.77 Å². The molecule has 1 aromatic heterocycles. The van der Waals surface area contributed by atoms with Crippen molar-refractivity contribution in [2.75, 3.05) is 0 Å². The van der Waals surface area contributed by atoms with Crippen LogP contribution in [0.2, 0.25) is 5.02 Å². The second kappa shape index (κ2) is 4.71. The van der Waals surface area contributed by atoms with Crippen LogP contribution in [0.15, 0.2) is 18.2 Å². The lowest BCUT2D eigenvalue weighted by Gasteiger charge is -2.29. The minimum Gasteiger partial charge on any atom is -0.331 e. The first-order valence-corrected chi connectivity index (χ1v) is 6.98. The van der Waals surface area contributed by atoms with Gasteiger partial charge in [-0.2, -0.15) is 0 Å². The lowest BCUT2D eigenvalue weighted by atomic mass is 9.81. The first kappa shape index (κ1) is 13.6. The van der Waals surface area contributed by atoms with E-state index in [1.54, 1.807) is 0 Å². The van der Waals surface area contributed by atoms with Crippen LogP contribution in [-0.2, 0) is 6.54 Å². The van der Waals surface area contributed by atoms with Crippen LogP contribution in [0, 0.1) is 16.1 Å². The summed E-state index contributed by atoms with van der Waals surface area (Å²) in [5.74, 6) is 0.576. The van der Waals surface area contributed by atoms with Crippen molar-refractivity contribution in [1.82, 2.24) is 9.55 Å². The van der Waals surface area contributed by atoms with Crippen molar-refractivity contribution in [3.8, 4) is 0 Å². The number of fused-ring (bicyclic) bond motifs is 1. The summed E-state index contributed by atoms with van der Waals surface area (Å²) in [5, 5.41) is 0.749. The Morgan fingerprint density at radius 3 is 2.67 bits per heavy atom. The number of benzene rings is 1. The lowest BCUT2D eigenvalue weighted by molar-refractivity contribution is 0.212. The molecule has 2 nitrogen and oxygen atoms in total. The number of hydrogen-bond acceptors (Lipinski definition) is 1. The van der Waals surface area contributed by atoms with E-state index in [0.29, 0.717) is 5.92 Å². The second-order valence-corrected chi connectivity index (χ2v) is 6.59. The highest BCUT2D eigenvalue weighted by Gasteiger charge is 2.24. The molecule has 0 atom stereocenters. The molecule has 0 saturated carbocycles. The minimum absolute atomic E-state index is 0.173. The van der Waals surface area contributed by atoms with Gasteiger partial charge in [0.05, 0.1) is 16.1 Å². The SMILES string of the molecule is CC(C)C(C)(C)Cn1c(=S)[nH]c2cccc(Cl)c21. The average Bonchev–Trinajstić information content (AvgIpc) is 2.56. The zero-order chi connectivity index (χ0) is 13.5. The summed E-state index contributed by atoms with van der Waals surface area (Å²) in [6.45, 7) is 9.86. The molecule has 2 aromatic rings. The number of nitrogens with zero attached hydrogens (tertiary/aromatic N) is 1. The molecule has 98 valence electrons. The Morgan fingerprint density at radius 2 is 2.06 bits per heavy atom. The van der Waals surface area contributed by atoms with Crippen molar-refractivity contribution in [1.29, 1.82) is 0 Å². The van der Waals surface area contributed by atoms with Crippen molar-refractivity contribution in [3.63, 3.8) is 0 Å². The van der Waals surface area contributed by atoms with Crippen LogP contribution in [-0.4, -0.2) is 9.55 Å². The van der Waals surface area contributed by atoms with Gasteiger partial charge in [-0.05, 0) is 35.7 Å². The van der Waals surface area contributed by atoms with Gasteiger partial charge in [-0.15, -0.1) is 0 Å². The van der Waals surface area contributed by atoms with Crippen LogP contribution < -0.4 is 0 Å². The Morgan fingerprint density at radius 1 is 1.39 bits per heavy atom. The van der Waals surface area contributed by atoms with Crippen molar-refractivity contribution in [2.24, 2.45) is 11.3 Å². The fraction of sp³-hybridized carbons (Fsp3) is 0.500. The van der Waals surface area contributed by atoms with E-state index in [1.165, 1.54) is 0 Å². The monoisotopic (exact) mass is 282 g/mol. The van der Waals surface area contributed by atoms with Gasteiger partial charge >= 0.3 is 0 Å². The fourth-order valence-electron chi connectivity index (χ4n) is 1.92. The van der Waals surface area contributed by atoms with Crippen LogP contribution in [0.1, 0.15) is 27.7 Å². The Kier molecular flexibility index (Phi) is 3.56. The van der Waals surface area contributed by atoms with Gasteiger partial charge in [0.25, 0.3) is 0 Å². The summed E-state index contributed by atoms with van der Waals surface area (Å²) in [6.07, 6.45) is 0. The van der Waals surface area contributed by atoms with E-state index in [2.05, 4.69) is 37.2 Å². The van der Waals surface area contributed by atoms with E-state index in [1.807, 2.05) is 18.2 Å². The topological polar surface area (TPSA) is 20.7 Å². The molecule has 1 N–H and O–H groups in total. The van der Waals surface area contributed by atoms with Gasteiger partial charge in [-0.3, -0.25) is 0 Å². The Bertz CT molecular complexity index is 622. The number of aromatic amines is 1. The molecule has 0 aliphatic carbocycles. The van der Waals surface area contributed by atoms with E-state index in [-0.39, 0.29) is 5.41 Å². The highest BCUT2D eigenvalue weighted by Crippen LogP contribution is 2.31. The second-order valence-electron chi connectivity index (χ2n) is 5.80. The van der Waals surface area contributed by atoms with Gasteiger partial charge in [0.1, 0.15) is 0 Å². The molecule has 18 heavy (non-hydrogen) atoms. The van der Waals surface area contributed by atoms with Gasteiger partial charge in [0, 0.05) is 6.54 Å². The number of hydrogen-bond donors (Lipinski definition) is 1. The smallest absolute Gasteiger partial charge is 0.178 e. The van der Waals surface area contributed by atoms with Crippen LogP contribution in [0.5, 0.6) is 0 Å². The molecular weight excluding hydrogens is 264 g/mol. The average molecular weight is 283 g/mol. The van der Waals surface area contributed by atoms with Gasteiger partial charge in [-0.1, -0.05) is 45.4 Å². The van der Waals surface area contributed by atoms with Crippen molar-refractivity contribution in [2.45, 2.75) is 34.2 Å². The number of halogens is 1. The maximum absolute atomic E-state index is 6.30. The molecule has 0 radical (unpaired) electrons. The first-order valence-electron chi connectivity index (χ1n) is 6.20. The zero-order valence-electron chi connectivity index (χ0n) is 11.2. The minimum atomic E-state index is 0.173. The lowest BCUT2D eigenvalue weighted by Crippen LogP contribution is -2.25. The van der Waals surface area contributed by atoms with Crippen LogP contribution in [0.25, 0.3) is 11.0 Å². The van der Waals surface area contributed by atoms with E-state index in [9.17, 15) is 0 Å². The number of imidazole rings is 1. The molecular formula is C14H19ClN2S. The number of aromatic nitrogens is 2. The Labute approximate surface area is 118 Å². The summed E-state index contributed by atoms with van der Waals surface area (Å²) >= 11 is 11.7. The number of rotatable bonds is 3. The third-order valence-electron chi connectivity index (χ3n) is 3.87. The first-order chi connectivity index (χ1) is 8.33. The van der Waals surface area contributed by atoms with E-state index < -0.39 is 0 Å². The van der Waals surface area contributed by atoms with Gasteiger partial charge < -0.3 is 9.55 Å². The molecule has 0 bridgehead atoms. The molecule has 0 aliphatic rings. The van der Waals surface area contributed by atoms with Crippen LogP contribution in [0.4, 0.5) is 0 Å². The molecule has 2 rings (SSSR count). The molecule has 0 unspecified atom stereocenters. The van der Waals surface area contributed by atoms with E-state index in [4.69, 9.17) is 23.8 Å². The molecule has 0 fully saturated rings. The van der Waals surface area contributed by atoms with Crippen LogP contribution >= 0.6 is 23.8 Å². The third-order valence-corrected chi connectivity index (χ3v) is 4.50. The highest BCUT2D eigenvalue weighted by molar-refractivity contribution is 7.71. The Balaban J connectivity index is 2.58. The normalized spacial score (nSPS) is 12.6. The molecule has 0 aliphatic heterocycles. The largest absolute Gasteiger partial charge is 0.331 e. The predicted molar refractivity (Wildman–Crippen MR) is 80.8 cm³/mol. The molecule has 1 aromatic carbocycles. The summed E-state index contributed by atoms with van der Waals surface area (Å²) in [4.78, 5) is 3.22. The van der Waals surface area contributed by atoms with Gasteiger partial charge in [-0.25, -0.2) is 0 Å². The molecule has 0 spiro atoms.